The van der Waals surface area contributed by atoms with Crippen molar-refractivity contribution >= 4 is 0 Å². The van der Waals surface area contributed by atoms with Gasteiger partial charge in [-0.25, -0.2) is 0 Å². The summed E-state index contributed by atoms with van der Waals surface area (Å²) in [5.41, 5.74) is 7.82. The zero-order valence-corrected chi connectivity index (χ0v) is 28.5. The van der Waals surface area contributed by atoms with Gasteiger partial charge >= 0.3 is 0 Å². The molecule has 41 heavy (non-hydrogen) atoms. The van der Waals surface area contributed by atoms with Crippen molar-refractivity contribution in [1.29, 1.82) is 0 Å². The number of hydrogen-bond donors (Lipinski definition) is 0. The Kier molecular flexibility index (Phi) is 24.3. The molecular weight excluding hydrogens is 492 g/mol. The Morgan fingerprint density at radius 1 is 0.561 bits per heavy atom. The van der Waals surface area contributed by atoms with Crippen LogP contribution in [0.3, 0.4) is 0 Å². The molecule has 0 bridgehead atoms. The van der Waals surface area contributed by atoms with E-state index in [4.69, 9.17) is 0 Å². The molecule has 0 heterocycles. The van der Waals surface area contributed by atoms with Crippen LogP contribution < -0.4 is 0 Å². The van der Waals surface area contributed by atoms with E-state index in [2.05, 4.69) is 89.9 Å². The predicted molar refractivity (Wildman–Crippen MR) is 190 cm³/mol. The molecule has 0 atom stereocenters. The van der Waals surface area contributed by atoms with Crippen LogP contribution in [0.5, 0.6) is 0 Å². The van der Waals surface area contributed by atoms with Crippen molar-refractivity contribution in [2.45, 2.75) is 163 Å². The number of benzene rings is 2. The topological polar surface area (TPSA) is 0 Å². The summed E-state index contributed by atoms with van der Waals surface area (Å²) >= 11 is 0. The highest BCUT2D eigenvalue weighted by atomic mass is 14.4. The minimum Gasteiger partial charge on any atom is -0.106 e. The van der Waals surface area contributed by atoms with Gasteiger partial charge in [0, 0.05) is 5.41 Å². The number of fused-ring (bicyclic) bond motifs is 3. The molecule has 2 aromatic rings. The van der Waals surface area contributed by atoms with E-state index in [1.165, 1.54) is 126 Å². The molecule has 0 heteroatoms. The van der Waals surface area contributed by atoms with E-state index < -0.39 is 0 Å². The molecule has 0 unspecified atom stereocenters. The summed E-state index contributed by atoms with van der Waals surface area (Å²) in [6.45, 7) is 23.0. The highest BCUT2D eigenvalue weighted by Crippen LogP contribution is 2.54. The molecule has 232 valence electrons. The molecule has 0 radical (unpaired) electrons. The second-order valence-corrected chi connectivity index (χ2v) is 11.4. The molecule has 0 nitrogen and oxygen atoms in total. The first kappa shape index (κ1) is 38.9. The molecule has 0 fully saturated rings. The predicted octanol–water partition coefficient (Wildman–Crippen LogP) is 14.2. The second kappa shape index (κ2) is 25.6. The maximum atomic E-state index is 4.00. The zero-order chi connectivity index (χ0) is 30.8. The molecular formula is C41H68. The number of hydrogen-bond acceptors (Lipinski definition) is 0. The van der Waals surface area contributed by atoms with Gasteiger partial charge in [-0.15, -0.1) is 19.7 Å². The number of rotatable bonds is 18. The van der Waals surface area contributed by atoms with E-state index in [0.29, 0.717) is 0 Å². The van der Waals surface area contributed by atoms with Gasteiger partial charge in [0.05, 0.1) is 0 Å². The van der Waals surface area contributed by atoms with E-state index in [-0.39, 0.29) is 5.41 Å². The minimum absolute atomic E-state index is 0.207. The molecule has 0 N–H and O–H groups in total. The van der Waals surface area contributed by atoms with Crippen molar-refractivity contribution in [2.75, 3.05) is 0 Å². The maximum Gasteiger partial charge on any atom is 0.0215 e. The molecule has 0 saturated heterocycles. The lowest BCUT2D eigenvalue weighted by Gasteiger charge is -2.33. The molecule has 0 aromatic heterocycles. The summed E-state index contributed by atoms with van der Waals surface area (Å²) in [7, 11) is 0. The fourth-order valence-corrected chi connectivity index (χ4v) is 6.23. The fourth-order valence-electron chi connectivity index (χ4n) is 6.23. The van der Waals surface area contributed by atoms with E-state index in [1.807, 2.05) is 19.9 Å². The summed E-state index contributed by atoms with van der Waals surface area (Å²) in [5, 5.41) is 0. The molecule has 0 saturated carbocycles. The van der Waals surface area contributed by atoms with Crippen LogP contribution in [0.2, 0.25) is 0 Å². The van der Waals surface area contributed by atoms with Crippen LogP contribution >= 0.6 is 0 Å². The van der Waals surface area contributed by atoms with Crippen molar-refractivity contribution in [1.82, 2.24) is 0 Å². The van der Waals surface area contributed by atoms with E-state index in [9.17, 15) is 0 Å². The first-order valence-electron chi connectivity index (χ1n) is 17.5. The van der Waals surface area contributed by atoms with Crippen molar-refractivity contribution in [3.8, 4) is 11.1 Å². The van der Waals surface area contributed by atoms with Gasteiger partial charge in [0.25, 0.3) is 0 Å². The van der Waals surface area contributed by atoms with Gasteiger partial charge < -0.3 is 0 Å². The maximum absolute atomic E-state index is 4.00. The normalized spacial score (nSPS) is 12.0. The van der Waals surface area contributed by atoms with E-state index in [0.717, 1.165) is 6.42 Å². The van der Waals surface area contributed by atoms with Crippen molar-refractivity contribution in [3.05, 3.63) is 85.0 Å². The first-order chi connectivity index (χ1) is 20.2. The lowest BCUT2D eigenvalue weighted by molar-refractivity contribution is 0.397. The standard InChI is InChI=1S/C32H46.C5H12.C2H6.C2H4/c1-4-7-9-11-13-17-24-32(25-18-14-12-10-8-5-2)30-21-16-15-20-28(30)29-23-22-27(19-6-3)26-31(29)32;1-3-5-4-2;2*1-2/h6,15-16,20-23,26H,3-5,7-14,17-19,24-25H2,1-2H3;3-5H2,1-2H3;1-2H3;1-2H2. The summed E-state index contributed by atoms with van der Waals surface area (Å²) < 4.78 is 0. The van der Waals surface area contributed by atoms with Crippen molar-refractivity contribution in [3.63, 3.8) is 0 Å². The first-order valence-corrected chi connectivity index (χ1v) is 17.5. The third kappa shape index (κ3) is 13.2. The Labute approximate surface area is 258 Å². The van der Waals surface area contributed by atoms with Crippen LogP contribution in [-0.4, -0.2) is 0 Å². The molecule has 0 spiro atoms. The largest absolute Gasteiger partial charge is 0.106 e. The van der Waals surface area contributed by atoms with Gasteiger partial charge in [-0.05, 0) is 47.1 Å². The zero-order valence-electron chi connectivity index (χ0n) is 28.5. The Bertz CT molecular complexity index is 871. The lowest BCUT2D eigenvalue weighted by Crippen LogP contribution is -2.25. The lowest BCUT2D eigenvalue weighted by atomic mass is 9.70. The van der Waals surface area contributed by atoms with Crippen LogP contribution in [-0.2, 0) is 11.8 Å². The quantitative estimate of drug-likeness (QED) is 0.126. The minimum atomic E-state index is 0.207. The average molecular weight is 561 g/mol. The third-order valence-electron chi connectivity index (χ3n) is 8.33. The average Bonchev–Trinajstić information content (AvgIpc) is 3.29. The van der Waals surface area contributed by atoms with Gasteiger partial charge in [-0.3, -0.25) is 0 Å². The Morgan fingerprint density at radius 3 is 1.51 bits per heavy atom. The SMILES string of the molecule is C=C.C=CCc1ccc2c(c1)C(CCCCCCCC)(CCCCCCCC)c1ccccc1-2.CC.CCCCC. The Balaban J connectivity index is 0.00000158. The second-order valence-electron chi connectivity index (χ2n) is 11.4. The summed E-state index contributed by atoms with van der Waals surface area (Å²) in [6.07, 6.45) is 26.2. The Morgan fingerprint density at radius 2 is 1.02 bits per heavy atom. The summed E-state index contributed by atoms with van der Waals surface area (Å²) in [6, 6.07) is 16.6. The molecule has 2 aromatic carbocycles. The Hall–Kier alpha value is -2.08. The number of allylic oxidation sites excluding steroid dienone is 1. The molecule has 1 aliphatic rings. The van der Waals surface area contributed by atoms with Crippen LogP contribution in [0.4, 0.5) is 0 Å². The molecule has 1 aliphatic carbocycles. The van der Waals surface area contributed by atoms with Gasteiger partial charge in [0.15, 0.2) is 0 Å². The van der Waals surface area contributed by atoms with Gasteiger partial charge in [-0.2, -0.15) is 0 Å². The summed E-state index contributed by atoms with van der Waals surface area (Å²) in [4.78, 5) is 0. The highest BCUT2D eigenvalue weighted by Gasteiger charge is 2.42. The third-order valence-corrected chi connectivity index (χ3v) is 8.33. The van der Waals surface area contributed by atoms with E-state index >= 15 is 0 Å². The molecule has 3 rings (SSSR count). The molecule has 0 amide bonds. The van der Waals surface area contributed by atoms with Crippen LogP contribution in [0.25, 0.3) is 11.1 Å². The van der Waals surface area contributed by atoms with Crippen LogP contribution in [0.1, 0.15) is 167 Å². The van der Waals surface area contributed by atoms with Crippen molar-refractivity contribution < 1.29 is 0 Å². The summed E-state index contributed by atoms with van der Waals surface area (Å²) in [5.74, 6) is 0. The fraction of sp³-hybridized carbons (Fsp3) is 0.610. The van der Waals surface area contributed by atoms with Crippen molar-refractivity contribution in [2.24, 2.45) is 0 Å². The monoisotopic (exact) mass is 561 g/mol. The van der Waals surface area contributed by atoms with Gasteiger partial charge in [-0.1, -0.05) is 186 Å². The van der Waals surface area contributed by atoms with Crippen LogP contribution in [0, 0.1) is 0 Å². The van der Waals surface area contributed by atoms with E-state index in [1.54, 1.807) is 11.1 Å². The highest BCUT2D eigenvalue weighted by molar-refractivity contribution is 5.81. The van der Waals surface area contributed by atoms with Gasteiger partial charge in [0.1, 0.15) is 0 Å². The van der Waals surface area contributed by atoms with Gasteiger partial charge in [0.2, 0.25) is 0 Å². The van der Waals surface area contributed by atoms with Crippen LogP contribution in [0.15, 0.2) is 68.3 Å². The molecule has 0 aliphatic heterocycles. The number of unbranched alkanes of at least 4 members (excludes halogenated alkanes) is 12. The smallest absolute Gasteiger partial charge is 0.0215 e.